The Morgan fingerprint density at radius 3 is 2.66 bits per heavy atom. The minimum absolute atomic E-state index is 0.171. The van der Waals surface area contributed by atoms with Crippen LogP contribution >= 0.6 is 0 Å². The van der Waals surface area contributed by atoms with Gasteiger partial charge in [-0.05, 0) is 53.6 Å². The van der Waals surface area contributed by atoms with Crippen LogP contribution in [-0.2, 0) is 11.3 Å². The summed E-state index contributed by atoms with van der Waals surface area (Å²) in [7, 11) is 1.65. The molecule has 1 fully saturated rings. The van der Waals surface area contributed by atoms with E-state index in [1.165, 1.54) is 16.8 Å². The second-order valence-corrected chi connectivity index (χ2v) is 9.74. The number of rotatable bonds is 7. The Bertz CT molecular complexity index is 1520. The third kappa shape index (κ3) is 4.37. The van der Waals surface area contributed by atoms with Gasteiger partial charge in [-0.15, -0.1) is 5.10 Å². The number of nitrogens with zero attached hydrogens (tertiary/aromatic N) is 6. The van der Waals surface area contributed by atoms with Crippen molar-refractivity contribution in [3.8, 4) is 11.5 Å². The molecule has 2 aliphatic rings. The van der Waals surface area contributed by atoms with Gasteiger partial charge in [0.15, 0.2) is 17.3 Å². The van der Waals surface area contributed by atoms with Crippen LogP contribution in [0.3, 0.4) is 0 Å². The number of hydrogen-bond acceptors (Lipinski definition) is 9. The van der Waals surface area contributed by atoms with Crippen molar-refractivity contribution in [3.05, 3.63) is 69.3 Å². The van der Waals surface area contributed by atoms with Crippen LogP contribution in [0.2, 0.25) is 0 Å². The van der Waals surface area contributed by atoms with Crippen molar-refractivity contribution in [2.75, 3.05) is 51.6 Å². The molecule has 1 saturated heterocycles. The third-order valence-corrected chi connectivity index (χ3v) is 7.57. The van der Waals surface area contributed by atoms with E-state index in [0.29, 0.717) is 41.6 Å². The zero-order valence-corrected chi connectivity index (χ0v) is 21.8. The molecule has 198 valence electrons. The van der Waals surface area contributed by atoms with Gasteiger partial charge in [-0.3, -0.25) is 9.69 Å². The summed E-state index contributed by atoms with van der Waals surface area (Å²) in [6, 6.07) is 11.6. The average Bonchev–Trinajstić information content (AvgIpc) is 3.58. The summed E-state index contributed by atoms with van der Waals surface area (Å²) in [4.78, 5) is 21.3. The standard InChI is InChI=1S/C27H31N7O4/c1-17-5-4-6-22(18(17)2)32-7-9-33(10-8-32)25(26-29-30-31-34(26)11-12-36-3)20-13-19-14-23-24(38-16-37-23)15-21(19)28-27(20)35/h4-6,13-15,25H,7-12,16H2,1-3H3,(H,28,35). The normalized spacial score (nSPS) is 16.3. The van der Waals surface area contributed by atoms with Gasteiger partial charge in [-0.25, -0.2) is 4.68 Å². The van der Waals surface area contributed by atoms with E-state index < -0.39 is 6.04 Å². The van der Waals surface area contributed by atoms with Gasteiger partial charge in [-0.2, -0.15) is 0 Å². The lowest BCUT2D eigenvalue weighted by Crippen LogP contribution is -2.49. The van der Waals surface area contributed by atoms with Crippen LogP contribution in [0.5, 0.6) is 11.5 Å². The fourth-order valence-electron chi connectivity index (χ4n) is 5.36. The first-order chi connectivity index (χ1) is 18.5. The molecule has 1 unspecified atom stereocenters. The van der Waals surface area contributed by atoms with Gasteiger partial charge in [0.2, 0.25) is 6.79 Å². The van der Waals surface area contributed by atoms with Crippen molar-refractivity contribution in [3.63, 3.8) is 0 Å². The molecule has 2 aromatic heterocycles. The molecule has 0 amide bonds. The number of piperazine rings is 1. The first-order valence-electron chi connectivity index (χ1n) is 12.8. The van der Waals surface area contributed by atoms with E-state index in [1.807, 2.05) is 18.2 Å². The first kappa shape index (κ1) is 24.4. The Morgan fingerprint density at radius 1 is 1.08 bits per heavy atom. The number of anilines is 1. The number of aryl methyl sites for hydroxylation is 1. The molecule has 0 aliphatic carbocycles. The minimum Gasteiger partial charge on any atom is -0.454 e. The highest BCUT2D eigenvalue weighted by molar-refractivity contribution is 5.83. The van der Waals surface area contributed by atoms with Gasteiger partial charge in [0.25, 0.3) is 5.56 Å². The van der Waals surface area contributed by atoms with Gasteiger partial charge in [0, 0.05) is 56.0 Å². The van der Waals surface area contributed by atoms with E-state index in [1.54, 1.807) is 11.8 Å². The molecule has 1 atom stereocenters. The Balaban J connectivity index is 1.38. The summed E-state index contributed by atoms with van der Waals surface area (Å²) in [5.74, 6) is 1.91. The molecule has 0 bridgehead atoms. The Morgan fingerprint density at radius 2 is 1.87 bits per heavy atom. The number of H-pyrrole nitrogens is 1. The topological polar surface area (TPSA) is 111 Å². The molecule has 0 spiro atoms. The molecule has 4 aromatic rings. The number of ether oxygens (including phenoxy) is 3. The van der Waals surface area contributed by atoms with E-state index in [4.69, 9.17) is 14.2 Å². The summed E-state index contributed by atoms with van der Waals surface area (Å²) >= 11 is 0. The number of nitrogens with one attached hydrogen (secondary N) is 1. The van der Waals surface area contributed by atoms with Crippen LogP contribution in [-0.4, -0.2) is 76.8 Å². The highest BCUT2D eigenvalue weighted by Gasteiger charge is 2.33. The highest BCUT2D eigenvalue weighted by atomic mass is 16.7. The molecule has 0 saturated carbocycles. The number of benzene rings is 2. The van der Waals surface area contributed by atoms with Crippen molar-refractivity contribution < 1.29 is 14.2 Å². The van der Waals surface area contributed by atoms with Crippen LogP contribution in [0.1, 0.15) is 28.6 Å². The van der Waals surface area contributed by atoms with E-state index in [2.05, 4.69) is 62.4 Å². The predicted octanol–water partition coefficient (Wildman–Crippen LogP) is 2.42. The molecule has 11 heteroatoms. The zero-order chi connectivity index (χ0) is 26.2. The lowest BCUT2D eigenvalue weighted by molar-refractivity contribution is 0.171. The van der Waals surface area contributed by atoms with Gasteiger partial charge < -0.3 is 24.1 Å². The molecule has 4 heterocycles. The summed E-state index contributed by atoms with van der Waals surface area (Å²) in [5, 5.41) is 13.4. The molecule has 2 aliphatic heterocycles. The molecule has 38 heavy (non-hydrogen) atoms. The van der Waals surface area contributed by atoms with Gasteiger partial charge in [0.05, 0.1) is 18.7 Å². The monoisotopic (exact) mass is 517 g/mol. The Hall–Kier alpha value is -3.96. The number of fused-ring (bicyclic) bond motifs is 2. The summed E-state index contributed by atoms with van der Waals surface area (Å²) in [6.45, 7) is 8.57. The van der Waals surface area contributed by atoms with Crippen molar-refractivity contribution in [2.45, 2.75) is 26.4 Å². The van der Waals surface area contributed by atoms with Crippen molar-refractivity contribution in [1.29, 1.82) is 0 Å². The Labute approximate surface area is 219 Å². The molecule has 0 radical (unpaired) electrons. The van der Waals surface area contributed by atoms with E-state index in [-0.39, 0.29) is 12.4 Å². The van der Waals surface area contributed by atoms with E-state index in [0.717, 1.165) is 31.6 Å². The summed E-state index contributed by atoms with van der Waals surface area (Å²) < 4.78 is 18.1. The third-order valence-electron chi connectivity index (χ3n) is 7.57. The molecular formula is C27H31N7O4. The molecule has 11 nitrogen and oxygen atoms in total. The maximum atomic E-state index is 13.5. The number of aromatic amines is 1. The van der Waals surface area contributed by atoms with Crippen LogP contribution in [0.4, 0.5) is 5.69 Å². The summed E-state index contributed by atoms with van der Waals surface area (Å²) in [6.07, 6.45) is 0. The lowest BCUT2D eigenvalue weighted by atomic mass is 10.0. The molecular weight excluding hydrogens is 486 g/mol. The highest BCUT2D eigenvalue weighted by Crippen LogP contribution is 2.36. The largest absolute Gasteiger partial charge is 0.454 e. The fraction of sp³-hybridized carbons (Fsp3) is 0.407. The first-order valence-corrected chi connectivity index (χ1v) is 12.8. The summed E-state index contributed by atoms with van der Waals surface area (Å²) in [5.41, 5.74) is 4.94. The van der Waals surface area contributed by atoms with Crippen LogP contribution < -0.4 is 19.9 Å². The minimum atomic E-state index is -0.429. The van der Waals surface area contributed by atoms with Gasteiger partial charge >= 0.3 is 0 Å². The number of tetrazole rings is 1. The molecule has 2 aromatic carbocycles. The maximum absolute atomic E-state index is 13.5. The quantitative estimate of drug-likeness (QED) is 0.395. The Kier molecular flexibility index (Phi) is 6.46. The smallest absolute Gasteiger partial charge is 0.253 e. The number of methoxy groups -OCH3 is 1. The van der Waals surface area contributed by atoms with E-state index >= 15 is 0 Å². The van der Waals surface area contributed by atoms with Gasteiger partial charge in [-0.1, -0.05) is 12.1 Å². The van der Waals surface area contributed by atoms with Crippen LogP contribution in [0.25, 0.3) is 10.9 Å². The second-order valence-electron chi connectivity index (χ2n) is 9.74. The van der Waals surface area contributed by atoms with Crippen LogP contribution in [0.15, 0.2) is 41.2 Å². The number of pyridine rings is 1. The van der Waals surface area contributed by atoms with Crippen molar-refractivity contribution in [2.24, 2.45) is 0 Å². The predicted molar refractivity (Wildman–Crippen MR) is 142 cm³/mol. The molecule has 1 N–H and O–H groups in total. The van der Waals surface area contributed by atoms with E-state index in [9.17, 15) is 4.79 Å². The second kappa shape index (κ2) is 10.1. The van der Waals surface area contributed by atoms with Gasteiger partial charge in [0.1, 0.15) is 6.04 Å². The molecule has 6 rings (SSSR count). The average molecular weight is 518 g/mol. The van der Waals surface area contributed by atoms with Crippen LogP contribution in [0, 0.1) is 13.8 Å². The number of hydrogen-bond donors (Lipinski definition) is 1. The SMILES string of the molecule is COCCn1nnnc1C(c1cc2cc3c(cc2[nH]c1=O)OCO3)N1CCN(c2cccc(C)c2C)CC1. The lowest BCUT2D eigenvalue weighted by Gasteiger charge is -2.40. The van der Waals surface area contributed by atoms with Crippen molar-refractivity contribution >= 4 is 16.6 Å². The fourth-order valence-corrected chi connectivity index (χ4v) is 5.36. The van der Waals surface area contributed by atoms with Crippen molar-refractivity contribution in [1.82, 2.24) is 30.1 Å². The maximum Gasteiger partial charge on any atom is 0.253 e. The number of aromatic nitrogens is 5. The zero-order valence-electron chi connectivity index (χ0n) is 21.8.